The van der Waals surface area contributed by atoms with Gasteiger partial charge in [-0.25, -0.2) is 0 Å². The minimum atomic E-state index is -1.77. The molecule has 0 aromatic rings. The van der Waals surface area contributed by atoms with Crippen LogP contribution in [0.25, 0.3) is 0 Å². The summed E-state index contributed by atoms with van der Waals surface area (Å²) >= 11 is 0. The number of esters is 2. The molecule has 4 unspecified atom stereocenters. The number of aliphatic hydroxyl groups is 7. The molecular weight excluding hydrogens is 901 g/mol. The second kappa shape index (κ2) is 42.1. The Balaban J connectivity index is 1.78. The molecule has 0 spiro atoms. The van der Waals surface area contributed by atoms with Crippen LogP contribution in [-0.4, -0.2) is 142 Å². The normalized spacial score (nSPS) is 25.6. The van der Waals surface area contributed by atoms with Crippen LogP contribution in [0.4, 0.5) is 0 Å². The van der Waals surface area contributed by atoms with Gasteiger partial charge in [-0.15, -0.1) is 0 Å². The van der Waals surface area contributed by atoms with E-state index in [2.05, 4.69) is 50.3 Å². The number of ether oxygens (including phenoxy) is 6. The molecule has 0 radical (unpaired) electrons. The highest BCUT2D eigenvalue weighted by Crippen LogP contribution is 2.26. The van der Waals surface area contributed by atoms with Crippen molar-refractivity contribution in [1.29, 1.82) is 0 Å². The largest absolute Gasteiger partial charge is 0.462 e. The van der Waals surface area contributed by atoms with E-state index in [1.807, 2.05) is 0 Å². The minimum Gasteiger partial charge on any atom is -0.462 e. The highest BCUT2D eigenvalue weighted by atomic mass is 16.7. The molecule has 0 amide bonds. The van der Waals surface area contributed by atoms with Crippen LogP contribution in [0.3, 0.4) is 0 Å². The maximum absolute atomic E-state index is 13.0. The molecule has 0 bridgehead atoms. The number of allylic oxidation sites excluding steroid dienone is 6. The number of hydrogen-bond donors (Lipinski definition) is 7. The van der Waals surface area contributed by atoms with E-state index in [9.17, 15) is 45.3 Å². The molecule has 15 heteroatoms. The van der Waals surface area contributed by atoms with Crippen molar-refractivity contribution in [3.8, 4) is 0 Å². The summed E-state index contributed by atoms with van der Waals surface area (Å²) in [7, 11) is 0. The average Bonchev–Trinajstić information content (AvgIpc) is 3.35. The van der Waals surface area contributed by atoms with Crippen LogP contribution < -0.4 is 0 Å². The van der Waals surface area contributed by atoms with Gasteiger partial charge in [0.2, 0.25) is 0 Å². The first-order valence-electron chi connectivity index (χ1n) is 27.6. The summed E-state index contributed by atoms with van der Waals surface area (Å²) in [6.07, 6.45) is 28.9. The molecule has 70 heavy (non-hydrogen) atoms. The monoisotopic (exact) mass is 999 g/mol. The summed E-state index contributed by atoms with van der Waals surface area (Å²) < 4.78 is 33.6. The molecule has 7 N–H and O–H groups in total. The average molecular weight is 999 g/mol. The van der Waals surface area contributed by atoms with Crippen LogP contribution in [-0.2, 0) is 38.0 Å². The van der Waals surface area contributed by atoms with E-state index in [1.165, 1.54) is 116 Å². The zero-order chi connectivity index (χ0) is 51.0. The summed E-state index contributed by atoms with van der Waals surface area (Å²) in [4.78, 5) is 25.8. The fourth-order valence-electron chi connectivity index (χ4n) is 8.58. The van der Waals surface area contributed by atoms with Gasteiger partial charge in [0, 0.05) is 12.8 Å². The molecule has 2 aliphatic rings. The molecule has 2 heterocycles. The smallest absolute Gasteiger partial charge is 0.306 e. The zero-order valence-electron chi connectivity index (χ0n) is 43.3. The van der Waals surface area contributed by atoms with Crippen LogP contribution in [0.5, 0.6) is 0 Å². The summed E-state index contributed by atoms with van der Waals surface area (Å²) in [6, 6.07) is 0. The lowest BCUT2D eigenvalue weighted by Gasteiger charge is -2.42. The summed E-state index contributed by atoms with van der Waals surface area (Å²) in [5.41, 5.74) is 0. The van der Waals surface area contributed by atoms with Crippen LogP contribution in [0.1, 0.15) is 206 Å². The fourth-order valence-corrected chi connectivity index (χ4v) is 8.58. The van der Waals surface area contributed by atoms with Crippen molar-refractivity contribution in [1.82, 2.24) is 0 Å². The van der Waals surface area contributed by atoms with Gasteiger partial charge >= 0.3 is 11.9 Å². The molecule has 2 rings (SSSR count). The Kier molecular flexibility index (Phi) is 38.4. The van der Waals surface area contributed by atoms with Crippen molar-refractivity contribution < 1.29 is 73.8 Å². The molecule has 2 fully saturated rings. The Bertz CT molecular complexity index is 1360. The number of aliphatic hydroxyl groups excluding tert-OH is 7. The van der Waals surface area contributed by atoms with Crippen molar-refractivity contribution in [2.75, 3.05) is 26.4 Å². The van der Waals surface area contributed by atoms with Gasteiger partial charge in [0.1, 0.15) is 55.4 Å². The first kappa shape index (κ1) is 63.8. The van der Waals surface area contributed by atoms with Crippen LogP contribution in [0.2, 0.25) is 0 Å². The predicted octanol–water partition coefficient (Wildman–Crippen LogP) is 8.49. The highest BCUT2D eigenvalue weighted by molar-refractivity contribution is 5.70. The fraction of sp³-hybridized carbons (Fsp3) is 0.855. The van der Waals surface area contributed by atoms with Gasteiger partial charge in [0.25, 0.3) is 0 Å². The van der Waals surface area contributed by atoms with Gasteiger partial charge in [-0.2, -0.15) is 0 Å². The van der Waals surface area contributed by atoms with Gasteiger partial charge in [-0.3, -0.25) is 9.59 Å². The van der Waals surface area contributed by atoms with Crippen LogP contribution in [0, 0.1) is 0 Å². The highest BCUT2D eigenvalue weighted by Gasteiger charge is 2.47. The molecule has 0 saturated carbocycles. The molecule has 2 saturated heterocycles. The van der Waals surface area contributed by atoms with Crippen molar-refractivity contribution >= 4 is 11.9 Å². The summed E-state index contributed by atoms with van der Waals surface area (Å²) in [5, 5.41) is 72.1. The topological polar surface area (TPSA) is 231 Å². The lowest BCUT2D eigenvalue weighted by molar-refractivity contribution is -0.332. The third-order valence-corrected chi connectivity index (χ3v) is 13.1. The standard InChI is InChI=1S/C55H98O15/c1-3-5-7-9-11-13-15-17-19-20-21-22-24-25-27-29-31-33-35-37-46(57)65-40-43(68-47(58)38-36-34-32-30-28-26-23-18-16-14-12-10-8-6-4-2)41-66-54-53(64)51(62)49(60)45(70-54)42-67-55-52(63)50(61)48(59)44(39-56)69-55/h12,14,18,23,28,30,43-45,48-56,59-64H,3-11,13,15-17,19-22,24-27,29,31-42H2,1-2H3/b14-12+,23-18+,30-28+/t43-,44+,45+,48-,49-,50?,51?,52?,53?,54+,55+/m0/s1. The number of rotatable bonds is 43. The number of carbonyl (C=O) groups excluding carboxylic acids is 2. The van der Waals surface area contributed by atoms with E-state index in [1.54, 1.807) is 0 Å². The third kappa shape index (κ3) is 29.4. The Hall–Kier alpha value is -2.28. The number of carbonyl (C=O) groups is 2. The third-order valence-electron chi connectivity index (χ3n) is 13.1. The quantitative estimate of drug-likeness (QED) is 0.0173. The van der Waals surface area contributed by atoms with Gasteiger partial charge in [0.05, 0.1) is 19.8 Å². The second-order valence-electron chi connectivity index (χ2n) is 19.4. The second-order valence-corrected chi connectivity index (χ2v) is 19.4. The van der Waals surface area contributed by atoms with Gasteiger partial charge < -0.3 is 64.2 Å². The van der Waals surface area contributed by atoms with Crippen LogP contribution >= 0.6 is 0 Å². The minimum absolute atomic E-state index is 0.118. The molecule has 0 aromatic heterocycles. The van der Waals surface area contributed by atoms with Gasteiger partial charge in [0.15, 0.2) is 18.7 Å². The van der Waals surface area contributed by atoms with E-state index in [-0.39, 0.29) is 19.4 Å². The number of hydrogen-bond acceptors (Lipinski definition) is 15. The van der Waals surface area contributed by atoms with Crippen LogP contribution in [0.15, 0.2) is 36.5 Å². The molecule has 408 valence electrons. The van der Waals surface area contributed by atoms with E-state index in [0.29, 0.717) is 12.8 Å². The Morgan fingerprint density at radius 3 is 1.37 bits per heavy atom. The Morgan fingerprint density at radius 2 is 0.857 bits per heavy atom. The van der Waals surface area contributed by atoms with Crippen molar-refractivity contribution in [2.24, 2.45) is 0 Å². The molecule has 0 aliphatic carbocycles. The van der Waals surface area contributed by atoms with Gasteiger partial charge in [-0.05, 0) is 51.4 Å². The first-order chi connectivity index (χ1) is 34.0. The Labute approximate surface area is 421 Å². The molecular formula is C55H98O15. The predicted molar refractivity (Wildman–Crippen MR) is 270 cm³/mol. The maximum Gasteiger partial charge on any atom is 0.306 e. The van der Waals surface area contributed by atoms with Crippen molar-refractivity contribution in [3.05, 3.63) is 36.5 Å². The van der Waals surface area contributed by atoms with E-state index in [0.717, 1.165) is 51.4 Å². The molecule has 2 aliphatic heterocycles. The van der Waals surface area contributed by atoms with E-state index < -0.39 is 99.3 Å². The van der Waals surface area contributed by atoms with E-state index in [4.69, 9.17) is 28.4 Å². The van der Waals surface area contributed by atoms with Crippen molar-refractivity contribution in [3.63, 3.8) is 0 Å². The van der Waals surface area contributed by atoms with Gasteiger partial charge in [-0.1, -0.05) is 179 Å². The Morgan fingerprint density at radius 1 is 0.457 bits per heavy atom. The lowest BCUT2D eigenvalue weighted by atomic mass is 9.98. The maximum atomic E-state index is 13.0. The lowest BCUT2D eigenvalue weighted by Crippen LogP contribution is -2.61. The first-order valence-corrected chi connectivity index (χ1v) is 27.6. The summed E-state index contributed by atoms with van der Waals surface area (Å²) in [5.74, 6) is -0.962. The zero-order valence-corrected chi connectivity index (χ0v) is 43.3. The number of unbranched alkanes of at least 4 members (excludes halogenated alkanes) is 23. The van der Waals surface area contributed by atoms with Crippen molar-refractivity contribution in [2.45, 2.75) is 274 Å². The van der Waals surface area contributed by atoms with E-state index >= 15 is 0 Å². The molecule has 0 aromatic carbocycles. The molecule has 11 atom stereocenters. The molecule has 15 nitrogen and oxygen atoms in total. The SMILES string of the molecule is CCCCC/C=C/C/C=C/C/C=C/CCCCC(=O)O[C@@H](COC(=O)CCCCCCCCCCCCCCCCCCCCC)CO[C@@H]1O[C@H](CO[C@@H]2O[C@H](CO)[C@H](O)C(O)C2O)[C@H](O)C(O)C1O. The summed E-state index contributed by atoms with van der Waals surface area (Å²) in [6.45, 7) is 2.54.